The van der Waals surface area contributed by atoms with Crippen LogP contribution in [0.2, 0.25) is 5.02 Å². The molecular formula is C13H13ClFN3O2S. The molecule has 0 spiro atoms. The molecule has 21 heavy (non-hydrogen) atoms. The lowest BCUT2D eigenvalue weighted by atomic mass is 10.2. The number of nitrogens with zero attached hydrogens (tertiary/aromatic N) is 3. The Morgan fingerprint density at radius 3 is 2.86 bits per heavy atom. The maximum atomic E-state index is 14.1. The molecule has 0 unspecified atom stereocenters. The van der Waals surface area contributed by atoms with Crippen molar-refractivity contribution in [1.29, 1.82) is 0 Å². The normalized spacial score (nSPS) is 10.8. The van der Waals surface area contributed by atoms with Crippen LogP contribution < -0.4 is 0 Å². The van der Waals surface area contributed by atoms with Crippen LogP contribution in [-0.2, 0) is 11.2 Å². The lowest BCUT2D eigenvalue weighted by Gasteiger charge is -2.10. The van der Waals surface area contributed by atoms with Crippen LogP contribution in [0.1, 0.15) is 19.2 Å². The molecule has 0 aliphatic carbocycles. The zero-order chi connectivity index (χ0) is 15.4. The van der Waals surface area contributed by atoms with Gasteiger partial charge in [-0.2, -0.15) is 0 Å². The highest BCUT2D eigenvalue weighted by Crippen LogP contribution is 2.26. The molecule has 2 aromatic rings. The van der Waals surface area contributed by atoms with Crippen molar-refractivity contribution in [2.45, 2.75) is 24.9 Å². The van der Waals surface area contributed by atoms with E-state index in [1.165, 1.54) is 12.1 Å². The van der Waals surface area contributed by atoms with Crippen LogP contribution in [0.3, 0.4) is 0 Å². The Morgan fingerprint density at radius 2 is 2.24 bits per heavy atom. The van der Waals surface area contributed by atoms with Crippen LogP contribution in [0.5, 0.6) is 0 Å². The Bertz CT molecular complexity index is 663. The Hall–Kier alpha value is -1.60. The molecule has 0 radical (unpaired) electrons. The minimum absolute atomic E-state index is 0.167. The quantitative estimate of drug-likeness (QED) is 0.824. The summed E-state index contributed by atoms with van der Waals surface area (Å²) in [6, 6.07) is 4.31. The monoisotopic (exact) mass is 329 g/mol. The SMILES string of the molecule is CCCc1nnc(SCC(=O)O)n1-c1ccc(Cl)cc1F. The lowest BCUT2D eigenvalue weighted by molar-refractivity contribution is -0.133. The molecule has 0 amide bonds. The first-order chi connectivity index (χ1) is 10.0. The second kappa shape index (κ2) is 6.91. The van der Waals surface area contributed by atoms with Crippen molar-refractivity contribution < 1.29 is 14.3 Å². The minimum atomic E-state index is -0.969. The fourth-order valence-electron chi connectivity index (χ4n) is 1.81. The molecule has 2 rings (SSSR count). The molecule has 0 atom stereocenters. The van der Waals surface area contributed by atoms with Gasteiger partial charge in [0.2, 0.25) is 0 Å². The van der Waals surface area contributed by atoms with Gasteiger partial charge in [-0.15, -0.1) is 10.2 Å². The Morgan fingerprint density at radius 1 is 1.48 bits per heavy atom. The topological polar surface area (TPSA) is 68.0 Å². The molecule has 5 nitrogen and oxygen atoms in total. The zero-order valence-electron chi connectivity index (χ0n) is 11.2. The molecule has 0 aliphatic heterocycles. The molecule has 0 saturated carbocycles. The van der Waals surface area contributed by atoms with Crippen LogP contribution in [0, 0.1) is 5.82 Å². The van der Waals surface area contributed by atoms with Crippen molar-refractivity contribution in [1.82, 2.24) is 14.8 Å². The van der Waals surface area contributed by atoms with E-state index < -0.39 is 11.8 Å². The second-order valence-electron chi connectivity index (χ2n) is 4.26. The molecule has 1 N–H and O–H groups in total. The van der Waals surface area contributed by atoms with Gasteiger partial charge in [-0.1, -0.05) is 30.3 Å². The van der Waals surface area contributed by atoms with Crippen molar-refractivity contribution in [3.8, 4) is 5.69 Å². The number of rotatable bonds is 6. The van der Waals surface area contributed by atoms with E-state index in [4.69, 9.17) is 16.7 Å². The average Bonchev–Trinajstić information content (AvgIpc) is 2.80. The Kier molecular flexibility index (Phi) is 5.19. The van der Waals surface area contributed by atoms with E-state index >= 15 is 0 Å². The van der Waals surface area contributed by atoms with Crippen molar-refractivity contribution in [3.63, 3.8) is 0 Å². The third-order valence-corrected chi connectivity index (χ3v) is 3.80. The van der Waals surface area contributed by atoms with E-state index in [9.17, 15) is 9.18 Å². The number of hydrogen-bond acceptors (Lipinski definition) is 4. The second-order valence-corrected chi connectivity index (χ2v) is 5.64. The highest BCUT2D eigenvalue weighted by Gasteiger charge is 2.17. The van der Waals surface area contributed by atoms with Crippen LogP contribution in [0.15, 0.2) is 23.4 Å². The van der Waals surface area contributed by atoms with Crippen molar-refractivity contribution in [3.05, 3.63) is 34.9 Å². The summed E-state index contributed by atoms with van der Waals surface area (Å²) >= 11 is 6.76. The van der Waals surface area contributed by atoms with Crippen molar-refractivity contribution >= 4 is 29.3 Å². The van der Waals surface area contributed by atoms with Gasteiger partial charge < -0.3 is 5.11 Å². The first-order valence-corrected chi connectivity index (χ1v) is 7.63. The predicted molar refractivity (Wildman–Crippen MR) is 78.7 cm³/mol. The first-order valence-electron chi connectivity index (χ1n) is 6.27. The smallest absolute Gasteiger partial charge is 0.313 e. The zero-order valence-corrected chi connectivity index (χ0v) is 12.8. The van der Waals surface area contributed by atoms with Gasteiger partial charge >= 0.3 is 5.97 Å². The van der Waals surface area contributed by atoms with E-state index in [1.807, 2.05) is 6.92 Å². The summed E-state index contributed by atoms with van der Waals surface area (Å²) in [6.07, 6.45) is 1.43. The summed E-state index contributed by atoms with van der Waals surface area (Å²) in [7, 11) is 0. The summed E-state index contributed by atoms with van der Waals surface area (Å²) in [6.45, 7) is 1.97. The van der Waals surface area contributed by atoms with Gasteiger partial charge in [-0.25, -0.2) is 4.39 Å². The summed E-state index contributed by atoms with van der Waals surface area (Å²) in [4.78, 5) is 10.7. The van der Waals surface area contributed by atoms with E-state index in [2.05, 4.69) is 10.2 Å². The highest BCUT2D eigenvalue weighted by molar-refractivity contribution is 7.99. The van der Waals surface area contributed by atoms with Gasteiger partial charge in [0.05, 0.1) is 11.4 Å². The van der Waals surface area contributed by atoms with Gasteiger partial charge in [0.1, 0.15) is 11.6 Å². The van der Waals surface area contributed by atoms with Crippen LogP contribution in [-0.4, -0.2) is 31.6 Å². The molecule has 1 aromatic heterocycles. The first kappa shape index (κ1) is 15.8. The van der Waals surface area contributed by atoms with Gasteiger partial charge in [-0.3, -0.25) is 9.36 Å². The van der Waals surface area contributed by atoms with E-state index in [0.717, 1.165) is 18.2 Å². The fourth-order valence-corrected chi connectivity index (χ4v) is 2.65. The number of aliphatic carboxylic acids is 1. The van der Waals surface area contributed by atoms with Gasteiger partial charge in [0.25, 0.3) is 0 Å². The molecule has 112 valence electrons. The Labute approximate surface area is 130 Å². The molecule has 8 heteroatoms. The number of aromatic nitrogens is 3. The molecule has 0 saturated heterocycles. The predicted octanol–water partition coefficient (Wildman–Crippen LogP) is 3.19. The highest BCUT2D eigenvalue weighted by atomic mass is 35.5. The van der Waals surface area contributed by atoms with Crippen molar-refractivity contribution in [2.75, 3.05) is 5.75 Å². The molecule has 1 heterocycles. The summed E-state index contributed by atoms with van der Waals surface area (Å²) in [5.41, 5.74) is 0.265. The largest absolute Gasteiger partial charge is 0.481 e. The van der Waals surface area contributed by atoms with E-state index in [0.29, 0.717) is 22.4 Å². The van der Waals surface area contributed by atoms with Gasteiger partial charge in [0, 0.05) is 11.4 Å². The number of hydrogen-bond donors (Lipinski definition) is 1. The van der Waals surface area contributed by atoms with E-state index in [-0.39, 0.29) is 11.4 Å². The lowest BCUT2D eigenvalue weighted by Crippen LogP contribution is -2.06. The number of halogens is 2. The van der Waals surface area contributed by atoms with Crippen molar-refractivity contribution in [2.24, 2.45) is 0 Å². The van der Waals surface area contributed by atoms with E-state index in [1.54, 1.807) is 10.6 Å². The number of thioether (sulfide) groups is 1. The third-order valence-electron chi connectivity index (χ3n) is 2.65. The summed E-state index contributed by atoms with van der Waals surface area (Å²) < 4.78 is 15.7. The number of carbonyl (C=O) groups is 1. The molecule has 1 aromatic carbocycles. The maximum absolute atomic E-state index is 14.1. The molecule has 0 fully saturated rings. The Balaban J connectivity index is 2.47. The average molecular weight is 330 g/mol. The molecule has 0 bridgehead atoms. The summed E-state index contributed by atoms with van der Waals surface area (Å²) in [5.74, 6) is -1.05. The number of aryl methyl sites for hydroxylation is 1. The van der Waals surface area contributed by atoms with Crippen LogP contribution in [0.25, 0.3) is 5.69 Å². The summed E-state index contributed by atoms with van der Waals surface area (Å²) in [5, 5.41) is 17.4. The molecule has 0 aliphatic rings. The number of carboxylic acids is 1. The van der Waals surface area contributed by atoms with Crippen LogP contribution >= 0.6 is 23.4 Å². The fraction of sp³-hybridized carbons (Fsp3) is 0.308. The number of benzene rings is 1. The maximum Gasteiger partial charge on any atom is 0.313 e. The van der Waals surface area contributed by atoms with Crippen LogP contribution in [0.4, 0.5) is 4.39 Å². The van der Waals surface area contributed by atoms with Gasteiger partial charge in [0.15, 0.2) is 5.16 Å². The number of carboxylic acid groups (broad SMARTS) is 1. The molecular weight excluding hydrogens is 317 g/mol. The van der Waals surface area contributed by atoms with Gasteiger partial charge in [-0.05, 0) is 24.6 Å². The minimum Gasteiger partial charge on any atom is -0.481 e. The third kappa shape index (κ3) is 3.74. The standard InChI is InChI=1S/C13H13ClFN3O2S/c1-2-3-11-16-17-13(21-7-12(19)20)18(11)10-5-4-8(14)6-9(10)15/h4-6H,2-3,7H2,1H3,(H,19,20).